The lowest BCUT2D eigenvalue weighted by atomic mass is 10.2. The molecule has 1 amide bonds. The quantitative estimate of drug-likeness (QED) is 0.853. The predicted molar refractivity (Wildman–Crippen MR) is 89.0 cm³/mol. The average Bonchev–Trinajstić information content (AvgIpc) is 3.02. The normalized spacial score (nSPS) is 13.9. The molecule has 0 unspecified atom stereocenters. The molecule has 6 nitrogen and oxygen atoms in total. The summed E-state index contributed by atoms with van der Waals surface area (Å²) < 4.78 is 10.2. The summed E-state index contributed by atoms with van der Waals surface area (Å²) in [5.41, 5.74) is 6.22. The van der Waals surface area contributed by atoms with Gasteiger partial charge >= 0.3 is 0 Å². The van der Waals surface area contributed by atoms with Crippen molar-refractivity contribution in [3.8, 4) is 11.3 Å². The second kappa shape index (κ2) is 8.36. The van der Waals surface area contributed by atoms with Gasteiger partial charge in [0.05, 0.1) is 19.4 Å². The van der Waals surface area contributed by atoms with E-state index in [1.54, 1.807) is 23.2 Å². The van der Waals surface area contributed by atoms with Gasteiger partial charge in [-0.2, -0.15) is 0 Å². The van der Waals surface area contributed by atoms with Crippen molar-refractivity contribution in [1.29, 1.82) is 0 Å². The smallest absolute Gasteiger partial charge is 0.292 e. The zero-order chi connectivity index (χ0) is 16.7. The summed E-state index contributed by atoms with van der Waals surface area (Å²) in [4.78, 5) is 16.4. The van der Waals surface area contributed by atoms with E-state index >= 15 is 0 Å². The molecule has 1 aliphatic rings. The first-order valence-corrected chi connectivity index (χ1v) is 7.44. The number of nitrogens with zero attached hydrogens (tertiary/aromatic N) is 2. The Labute approximate surface area is 139 Å². The lowest BCUT2D eigenvalue weighted by molar-refractivity contribution is -0.129. The number of hydrogen-bond donors (Lipinski definition) is 1. The molecule has 1 aromatic carbocycles. The highest BCUT2D eigenvalue weighted by molar-refractivity contribution is 6.30. The minimum absolute atomic E-state index is 0.00306. The maximum atomic E-state index is 10.9. The second-order valence-corrected chi connectivity index (χ2v) is 5.15. The van der Waals surface area contributed by atoms with E-state index in [1.807, 2.05) is 12.1 Å². The highest BCUT2D eigenvalue weighted by Gasteiger charge is 2.12. The van der Waals surface area contributed by atoms with Crippen molar-refractivity contribution in [1.82, 2.24) is 9.88 Å². The number of carbonyl (C=O) groups excluding carboxylic acids is 1. The molecule has 0 saturated carbocycles. The van der Waals surface area contributed by atoms with E-state index in [2.05, 4.69) is 11.6 Å². The minimum Gasteiger partial charge on any atom is -0.424 e. The Morgan fingerprint density at radius 1 is 1.39 bits per heavy atom. The summed E-state index contributed by atoms with van der Waals surface area (Å²) >= 11 is 5.81. The van der Waals surface area contributed by atoms with Crippen LogP contribution in [-0.4, -0.2) is 42.1 Å². The van der Waals surface area contributed by atoms with Crippen LogP contribution in [0.3, 0.4) is 0 Å². The van der Waals surface area contributed by atoms with Gasteiger partial charge in [-0.1, -0.05) is 30.3 Å². The number of halogens is 1. The van der Waals surface area contributed by atoms with Gasteiger partial charge in [0.25, 0.3) is 6.01 Å². The number of ether oxygens (including phenoxy) is 1. The first kappa shape index (κ1) is 17.1. The van der Waals surface area contributed by atoms with Gasteiger partial charge in [-0.25, -0.2) is 4.98 Å². The SMILES string of the molecule is C=CC(=O)N1CCOCC1.Nc1ncc(-c2cccc(Cl)c2)o1. The van der Waals surface area contributed by atoms with Crippen molar-refractivity contribution < 1.29 is 13.9 Å². The number of rotatable bonds is 2. The number of nitrogen functional groups attached to an aromatic ring is 1. The Balaban J connectivity index is 0.000000174. The molecular weight excluding hydrogens is 318 g/mol. The Hall–Kier alpha value is -2.31. The largest absolute Gasteiger partial charge is 0.424 e. The van der Waals surface area contributed by atoms with E-state index in [9.17, 15) is 4.79 Å². The predicted octanol–water partition coefficient (Wildman–Crippen LogP) is 2.61. The summed E-state index contributed by atoms with van der Waals surface area (Å²) in [6.45, 7) is 6.11. The maximum absolute atomic E-state index is 10.9. The Kier molecular flexibility index (Phi) is 6.19. The van der Waals surface area contributed by atoms with Crippen LogP contribution in [0.1, 0.15) is 0 Å². The van der Waals surface area contributed by atoms with E-state index < -0.39 is 0 Å². The van der Waals surface area contributed by atoms with Gasteiger partial charge in [0, 0.05) is 23.7 Å². The van der Waals surface area contributed by atoms with E-state index in [4.69, 9.17) is 26.5 Å². The number of amides is 1. The van der Waals surface area contributed by atoms with Crippen LogP contribution in [0.15, 0.2) is 47.5 Å². The number of morpholine rings is 1. The molecule has 0 spiro atoms. The average molecular weight is 336 g/mol. The molecule has 1 aromatic heterocycles. The third-order valence-electron chi connectivity index (χ3n) is 3.13. The third kappa shape index (κ3) is 5.12. The summed E-state index contributed by atoms with van der Waals surface area (Å²) in [5.74, 6) is 0.628. The number of oxazole rings is 1. The Bertz CT molecular complexity index is 666. The molecule has 1 fully saturated rings. The molecule has 0 atom stereocenters. The first-order chi connectivity index (χ1) is 11.1. The summed E-state index contributed by atoms with van der Waals surface area (Å²) in [7, 11) is 0. The molecular formula is C16H18ClN3O3. The van der Waals surface area contributed by atoms with Gasteiger partial charge in [-0.3, -0.25) is 4.79 Å². The van der Waals surface area contributed by atoms with E-state index in [-0.39, 0.29) is 11.9 Å². The third-order valence-corrected chi connectivity index (χ3v) is 3.37. The van der Waals surface area contributed by atoms with Crippen LogP contribution in [0.4, 0.5) is 6.01 Å². The van der Waals surface area contributed by atoms with Crippen molar-refractivity contribution >= 4 is 23.5 Å². The van der Waals surface area contributed by atoms with Gasteiger partial charge in [0.2, 0.25) is 5.91 Å². The van der Waals surface area contributed by atoms with Crippen molar-refractivity contribution in [3.05, 3.63) is 48.1 Å². The number of hydrogen-bond acceptors (Lipinski definition) is 5. The summed E-state index contributed by atoms with van der Waals surface area (Å²) in [6, 6.07) is 7.48. The number of aromatic nitrogens is 1. The molecule has 122 valence electrons. The highest BCUT2D eigenvalue weighted by Crippen LogP contribution is 2.23. The monoisotopic (exact) mass is 335 g/mol. The first-order valence-electron chi connectivity index (χ1n) is 7.06. The molecule has 3 rings (SSSR count). The lowest BCUT2D eigenvalue weighted by Crippen LogP contribution is -2.39. The van der Waals surface area contributed by atoms with Gasteiger partial charge in [0.1, 0.15) is 0 Å². The molecule has 2 heterocycles. The van der Waals surface area contributed by atoms with Gasteiger partial charge in [-0.15, -0.1) is 0 Å². The topological polar surface area (TPSA) is 81.6 Å². The molecule has 1 saturated heterocycles. The standard InChI is InChI=1S/C9H7ClN2O.C7H11NO2/c10-7-3-1-2-6(4-7)8-5-12-9(11)13-8;1-2-7(9)8-3-5-10-6-4-8/h1-5H,(H2,11,12);2H,1,3-6H2. The van der Waals surface area contributed by atoms with Crippen LogP contribution in [0, 0.1) is 0 Å². The summed E-state index contributed by atoms with van der Waals surface area (Å²) in [5, 5.41) is 0.660. The Morgan fingerprint density at radius 2 is 2.13 bits per heavy atom. The number of nitrogens with two attached hydrogens (primary N) is 1. The van der Waals surface area contributed by atoms with Gasteiger partial charge < -0.3 is 19.8 Å². The van der Waals surface area contributed by atoms with E-state index in [1.165, 1.54) is 6.08 Å². The minimum atomic E-state index is 0.00306. The zero-order valence-corrected chi connectivity index (χ0v) is 13.3. The van der Waals surface area contributed by atoms with Crippen molar-refractivity contribution in [2.45, 2.75) is 0 Å². The zero-order valence-electron chi connectivity index (χ0n) is 12.6. The summed E-state index contributed by atoms with van der Waals surface area (Å²) in [6.07, 6.45) is 2.91. The van der Waals surface area contributed by atoms with Crippen LogP contribution in [-0.2, 0) is 9.53 Å². The van der Waals surface area contributed by atoms with Gasteiger partial charge in [0.15, 0.2) is 5.76 Å². The maximum Gasteiger partial charge on any atom is 0.292 e. The van der Waals surface area contributed by atoms with Crippen LogP contribution >= 0.6 is 11.6 Å². The second-order valence-electron chi connectivity index (χ2n) is 4.71. The van der Waals surface area contributed by atoms with Crippen LogP contribution in [0.2, 0.25) is 5.02 Å². The van der Waals surface area contributed by atoms with Crippen LogP contribution in [0.25, 0.3) is 11.3 Å². The van der Waals surface area contributed by atoms with E-state index in [0.717, 1.165) is 5.56 Å². The fraction of sp³-hybridized carbons (Fsp3) is 0.250. The molecule has 0 bridgehead atoms. The van der Waals surface area contributed by atoms with Crippen molar-refractivity contribution in [2.24, 2.45) is 0 Å². The number of carbonyl (C=O) groups is 1. The molecule has 1 aliphatic heterocycles. The van der Waals surface area contributed by atoms with Crippen molar-refractivity contribution in [2.75, 3.05) is 32.0 Å². The van der Waals surface area contributed by atoms with Crippen LogP contribution in [0.5, 0.6) is 0 Å². The molecule has 2 N–H and O–H groups in total. The molecule has 2 aromatic rings. The molecule has 0 radical (unpaired) electrons. The molecule has 23 heavy (non-hydrogen) atoms. The van der Waals surface area contributed by atoms with Gasteiger partial charge in [-0.05, 0) is 18.2 Å². The van der Waals surface area contributed by atoms with Crippen LogP contribution < -0.4 is 5.73 Å². The highest BCUT2D eigenvalue weighted by atomic mass is 35.5. The van der Waals surface area contributed by atoms with Crippen molar-refractivity contribution in [3.63, 3.8) is 0 Å². The number of benzene rings is 1. The fourth-order valence-corrected chi connectivity index (χ4v) is 2.17. The molecule has 0 aliphatic carbocycles. The number of anilines is 1. The molecule has 7 heteroatoms. The fourth-order valence-electron chi connectivity index (χ4n) is 1.98. The Morgan fingerprint density at radius 3 is 2.70 bits per heavy atom. The lowest BCUT2D eigenvalue weighted by Gasteiger charge is -2.25. The van der Waals surface area contributed by atoms with E-state index in [0.29, 0.717) is 37.1 Å².